The molecule has 1 aliphatic heterocycles. The first-order chi connectivity index (χ1) is 14.7. The molecule has 0 unspecified atom stereocenters. The highest BCUT2D eigenvalue weighted by molar-refractivity contribution is 5.58. The fraction of sp³-hybridized carbons (Fsp3) is 0.364. The molecular weight excluding hydrogens is 380 g/mol. The van der Waals surface area contributed by atoms with Crippen molar-refractivity contribution in [2.24, 2.45) is 0 Å². The van der Waals surface area contributed by atoms with Crippen LogP contribution in [0.2, 0.25) is 0 Å². The number of nitrogens with zero attached hydrogens (tertiary/aromatic N) is 5. The summed E-state index contributed by atoms with van der Waals surface area (Å²) in [6, 6.07) is 9.88. The standard InChI is InChI=1S/C22H26N6O2/c1-3-27-15-12-24-21(22(27)29)28-13-9-17(10-14-28)25-19-8-11-23-20(26-19)16-4-6-18(30-2)7-5-16/h4-8,11-12,15,17H,3,9-10,13-14H2,1-2H3,(H,23,25,26). The third-order valence-corrected chi connectivity index (χ3v) is 5.39. The van der Waals surface area contributed by atoms with E-state index in [0.29, 0.717) is 18.2 Å². The van der Waals surface area contributed by atoms with Crippen molar-refractivity contribution >= 4 is 11.6 Å². The van der Waals surface area contributed by atoms with Gasteiger partial charge in [0.1, 0.15) is 11.6 Å². The summed E-state index contributed by atoms with van der Waals surface area (Å²) in [5, 5.41) is 3.52. The van der Waals surface area contributed by atoms with Gasteiger partial charge in [0.25, 0.3) is 5.56 Å². The van der Waals surface area contributed by atoms with E-state index in [1.54, 1.807) is 30.3 Å². The van der Waals surface area contributed by atoms with E-state index in [2.05, 4.69) is 25.2 Å². The first kappa shape index (κ1) is 19.9. The minimum absolute atomic E-state index is 0.0219. The molecule has 0 radical (unpaired) electrons. The Morgan fingerprint density at radius 1 is 1.10 bits per heavy atom. The summed E-state index contributed by atoms with van der Waals surface area (Å²) in [6.07, 6.45) is 7.01. The summed E-state index contributed by atoms with van der Waals surface area (Å²) in [5.41, 5.74) is 0.919. The number of nitrogens with one attached hydrogen (secondary N) is 1. The van der Waals surface area contributed by atoms with E-state index in [1.807, 2.05) is 37.3 Å². The van der Waals surface area contributed by atoms with Crippen molar-refractivity contribution in [2.45, 2.75) is 32.4 Å². The Labute approximate surface area is 175 Å². The van der Waals surface area contributed by atoms with E-state index in [-0.39, 0.29) is 11.6 Å². The number of anilines is 2. The normalized spacial score (nSPS) is 14.5. The van der Waals surface area contributed by atoms with E-state index >= 15 is 0 Å². The Morgan fingerprint density at radius 3 is 2.57 bits per heavy atom. The maximum absolute atomic E-state index is 12.5. The number of piperidine rings is 1. The molecule has 0 spiro atoms. The van der Waals surface area contributed by atoms with Gasteiger partial charge in [-0.3, -0.25) is 4.79 Å². The van der Waals surface area contributed by atoms with Gasteiger partial charge < -0.3 is 19.5 Å². The Bertz CT molecular complexity index is 1040. The second-order valence-corrected chi connectivity index (χ2v) is 7.24. The molecule has 2 aromatic heterocycles. The molecule has 3 aromatic rings. The third kappa shape index (κ3) is 4.27. The van der Waals surface area contributed by atoms with Gasteiger partial charge in [-0.25, -0.2) is 15.0 Å². The summed E-state index contributed by atoms with van der Waals surface area (Å²) >= 11 is 0. The number of hydrogen-bond acceptors (Lipinski definition) is 7. The largest absolute Gasteiger partial charge is 0.497 e. The zero-order valence-corrected chi connectivity index (χ0v) is 17.3. The van der Waals surface area contributed by atoms with E-state index in [1.165, 1.54) is 0 Å². The minimum Gasteiger partial charge on any atom is -0.497 e. The molecule has 1 aliphatic rings. The Kier molecular flexibility index (Phi) is 5.92. The van der Waals surface area contributed by atoms with Crippen LogP contribution in [0.5, 0.6) is 5.75 Å². The molecule has 30 heavy (non-hydrogen) atoms. The Morgan fingerprint density at radius 2 is 1.87 bits per heavy atom. The van der Waals surface area contributed by atoms with Gasteiger partial charge in [-0.1, -0.05) is 0 Å². The number of methoxy groups -OCH3 is 1. The quantitative estimate of drug-likeness (QED) is 0.674. The number of aromatic nitrogens is 4. The first-order valence-electron chi connectivity index (χ1n) is 10.2. The average Bonchev–Trinajstić information content (AvgIpc) is 2.80. The minimum atomic E-state index is -0.0219. The van der Waals surface area contributed by atoms with Gasteiger partial charge in [-0.2, -0.15) is 0 Å². The van der Waals surface area contributed by atoms with Crippen LogP contribution < -0.4 is 20.5 Å². The SMILES string of the molecule is CCn1ccnc(N2CCC(Nc3ccnc(-c4ccc(OC)cc4)n3)CC2)c1=O. The highest BCUT2D eigenvalue weighted by Crippen LogP contribution is 2.22. The third-order valence-electron chi connectivity index (χ3n) is 5.39. The molecule has 1 fully saturated rings. The van der Waals surface area contributed by atoms with Gasteiger partial charge in [-0.15, -0.1) is 0 Å². The number of hydrogen-bond donors (Lipinski definition) is 1. The molecule has 1 N–H and O–H groups in total. The summed E-state index contributed by atoms with van der Waals surface area (Å²) in [5.74, 6) is 2.83. The monoisotopic (exact) mass is 406 g/mol. The molecule has 1 aromatic carbocycles. The second-order valence-electron chi connectivity index (χ2n) is 7.24. The molecule has 0 aliphatic carbocycles. The maximum Gasteiger partial charge on any atom is 0.293 e. The van der Waals surface area contributed by atoms with Gasteiger partial charge in [0, 0.05) is 49.8 Å². The highest BCUT2D eigenvalue weighted by atomic mass is 16.5. The van der Waals surface area contributed by atoms with Gasteiger partial charge in [-0.05, 0) is 50.1 Å². The Balaban J connectivity index is 1.40. The van der Waals surface area contributed by atoms with Crippen LogP contribution in [-0.2, 0) is 6.54 Å². The number of ether oxygens (including phenoxy) is 1. The summed E-state index contributed by atoms with van der Waals surface area (Å²) in [4.78, 5) is 28.0. The van der Waals surface area contributed by atoms with Crippen LogP contribution >= 0.6 is 0 Å². The van der Waals surface area contributed by atoms with Crippen molar-refractivity contribution in [3.8, 4) is 17.1 Å². The zero-order chi connectivity index (χ0) is 20.9. The fourth-order valence-corrected chi connectivity index (χ4v) is 3.66. The molecule has 4 rings (SSSR count). The van der Waals surface area contributed by atoms with Gasteiger partial charge in [0.2, 0.25) is 0 Å². The lowest BCUT2D eigenvalue weighted by Gasteiger charge is -2.33. The van der Waals surface area contributed by atoms with Crippen molar-refractivity contribution in [3.05, 3.63) is 59.3 Å². The molecule has 8 heteroatoms. The van der Waals surface area contributed by atoms with Gasteiger partial charge >= 0.3 is 0 Å². The lowest BCUT2D eigenvalue weighted by Crippen LogP contribution is -2.42. The molecule has 156 valence electrons. The Hall–Kier alpha value is -3.42. The van der Waals surface area contributed by atoms with E-state index in [4.69, 9.17) is 4.74 Å². The average molecular weight is 406 g/mol. The molecule has 1 saturated heterocycles. The van der Waals surface area contributed by atoms with Crippen molar-refractivity contribution in [1.29, 1.82) is 0 Å². The molecule has 0 atom stereocenters. The smallest absolute Gasteiger partial charge is 0.293 e. The summed E-state index contributed by atoms with van der Waals surface area (Å²) in [7, 11) is 1.65. The number of rotatable bonds is 6. The predicted octanol–water partition coefficient (Wildman–Crippen LogP) is 2.81. The molecule has 8 nitrogen and oxygen atoms in total. The molecule has 0 saturated carbocycles. The predicted molar refractivity (Wildman–Crippen MR) is 117 cm³/mol. The van der Waals surface area contributed by atoms with Crippen molar-refractivity contribution in [2.75, 3.05) is 30.4 Å². The van der Waals surface area contributed by atoms with Crippen LogP contribution in [0, 0.1) is 0 Å². The van der Waals surface area contributed by atoms with Crippen molar-refractivity contribution < 1.29 is 4.74 Å². The van der Waals surface area contributed by atoms with Crippen LogP contribution in [-0.4, -0.2) is 45.8 Å². The fourth-order valence-electron chi connectivity index (χ4n) is 3.66. The highest BCUT2D eigenvalue weighted by Gasteiger charge is 2.22. The summed E-state index contributed by atoms with van der Waals surface area (Å²) in [6.45, 7) is 4.17. The lowest BCUT2D eigenvalue weighted by atomic mass is 10.1. The van der Waals surface area contributed by atoms with Crippen LogP contribution in [0.3, 0.4) is 0 Å². The lowest BCUT2D eigenvalue weighted by molar-refractivity contribution is 0.415. The van der Waals surface area contributed by atoms with Crippen LogP contribution in [0.4, 0.5) is 11.6 Å². The number of benzene rings is 1. The van der Waals surface area contributed by atoms with Gasteiger partial charge in [0.15, 0.2) is 11.6 Å². The molecule has 3 heterocycles. The summed E-state index contributed by atoms with van der Waals surface area (Å²) < 4.78 is 6.90. The topological polar surface area (TPSA) is 85.2 Å². The van der Waals surface area contributed by atoms with E-state index in [9.17, 15) is 4.79 Å². The van der Waals surface area contributed by atoms with Gasteiger partial charge in [0.05, 0.1) is 7.11 Å². The van der Waals surface area contributed by atoms with Crippen LogP contribution in [0.15, 0.2) is 53.7 Å². The van der Waals surface area contributed by atoms with Crippen LogP contribution in [0.25, 0.3) is 11.4 Å². The van der Waals surface area contributed by atoms with Crippen molar-refractivity contribution in [1.82, 2.24) is 19.5 Å². The van der Waals surface area contributed by atoms with Crippen LogP contribution in [0.1, 0.15) is 19.8 Å². The molecule has 0 amide bonds. The number of aryl methyl sites for hydroxylation is 1. The first-order valence-corrected chi connectivity index (χ1v) is 10.2. The second kappa shape index (κ2) is 8.94. The maximum atomic E-state index is 12.5. The zero-order valence-electron chi connectivity index (χ0n) is 17.3. The van der Waals surface area contributed by atoms with Crippen molar-refractivity contribution in [3.63, 3.8) is 0 Å². The van der Waals surface area contributed by atoms with E-state index < -0.39 is 0 Å². The molecular formula is C22H26N6O2. The molecule has 0 bridgehead atoms. The van der Waals surface area contributed by atoms with E-state index in [0.717, 1.165) is 43.1 Å².